The van der Waals surface area contributed by atoms with E-state index in [1.807, 2.05) is 41.0 Å². The summed E-state index contributed by atoms with van der Waals surface area (Å²) in [6, 6.07) is 15.4. The molecule has 0 atom stereocenters. The number of fused-ring (bicyclic) bond motifs is 1. The van der Waals surface area contributed by atoms with Gasteiger partial charge in [-0.2, -0.15) is 5.26 Å². The van der Waals surface area contributed by atoms with E-state index in [2.05, 4.69) is 27.0 Å². The Morgan fingerprint density at radius 2 is 1.89 bits per heavy atom. The maximum atomic E-state index is 9.10. The van der Waals surface area contributed by atoms with Gasteiger partial charge < -0.3 is 5.73 Å². The number of aromatic nitrogens is 2. The van der Waals surface area contributed by atoms with E-state index in [1.54, 1.807) is 6.07 Å². The molecular formula is C14H9BrN4. The van der Waals surface area contributed by atoms with E-state index in [1.165, 1.54) is 0 Å². The molecule has 0 aliphatic heterocycles. The van der Waals surface area contributed by atoms with Gasteiger partial charge in [0.2, 0.25) is 5.95 Å². The van der Waals surface area contributed by atoms with Crippen molar-refractivity contribution in [3.8, 4) is 11.8 Å². The van der Waals surface area contributed by atoms with Crippen molar-refractivity contribution < 1.29 is 0 Å². The highest BCUT2D eigenvalue weighted by Crippen LogP contribution is 2.25. The number of hydrogen-bond donors (Lipinski definition) is 1. The third kappa shape index (κ3) is 1.86. The molecule has 2 aromatic carbocycles. The zero-order valence-electron chi connectivity index (χ0n) is 9.84. The van der Waals surface area contributed by atoms with Crippen LogP contribution in [0.15, 0.2) is 46.9 Å². The Hall–Kier alpha value is -2.32. The Bertz CT molecular complexity index is 797. The van der Waals surface area contributed by atoms with Crippen LogP contribution >= 0.6 is 15.9 Å². The fourth-order valence-electron chi connectivity index (χ4n) is 2.07. The minimum Gasteiger partial charge on any atom is -0.369 e. The number of nitriles is 1. The van der Waals surface area contributed by atoms with Crippen LogP contribution in [-0.4, -0.2) is 9.55 Å². The van der Waals surface area contributed by atoms with E-state index in [4.69, 9.17) is 11.0 Å². The molecule has 0 saturated carbocycles. The van der Waals surface area contributed by atoms with Crippen LogP contribution < -0.4 is 5.73 Å². The molecule has 5 heteroatoms. The second kappa shape index (κ2) is 4.41. The summed E-state index contributed by atoms with van der Waals surface area (Å²) in [6.45, 7) is 0. The quantitative estimate of drug-likeness (QED) is 0.750. The summed E-state index contributed by atoms with van der Waals surface area (Å²) in [7, 11) is 0. The van der Waals surface area contributed by atoms with E-state index in [-0.39, 0.29) is 0 Å². The summed E-state index contributed by atoms with van der Waals surface area (Å²) < 4.78 is 2.83. The molecule has 0 fully saturated rings. The molecule has 0 spiro atoms. The molecule has 3 aromatic rings. The molecule has 1 heterocycles. The number of nitrogens with two attached hydrogens (primary N) is 1. The molecule has 3 rings (SSSR count). The molecule has 0 amide bonds. The lowest BCUT2D eigenvalue weighted by Gasteiger charge is -2.06. The SMILES string of the molecule is N#Cc1cccc2c1nc(N)n2-c1ccc(Br)cc1. The highest BCUT2D eigenvalue weighted by Gasteiger charge is 2.12. The number of anilines is 1. The van der Waals surface area contributed by atoms with E-state index < -0.39 is 0 Å². The van der Waals surface area contributed by atoms with Gasteiger partial charge in [0.25, 0.3) is 0 Å². The van der Waals surface area contributed by atoms with Crippen LogP contribution in [-0.2, 0) is 0 Å². The minimum absolute atomic E-state index is 0.375. The van der Waals surface area contributed by atoms with Gasteiger partial charge in [-0.1, -0.05) is 22.0 Å². The number of imidazole rings is 1. The van der Waals surface area contributed by atoms with Crippen LogP contribution in [0, 0.1) is 11.3 Å². The van der Waals surface area contributed by atoms with E-state index in [9.17, 15) is 0 Å². The van der Waals surface area contributed by atoms with Crippen molar-refractivity contribution in [2.24, 2.45) is 0 Å². The lowest BCUT2D eigenvalue weighted by Crippen LogP contribution is -2.00. The van der Waals surface area contributed by atoms with Gasteiger partial charge in [-0.25, -0.2) is 4.98 Å². The number of halogens is 1. The predicted octanol–water partition coefficient (Wildman–Crippen LogP) is 3.24. The number of para-hydroxylation sites is 1. The van der Waals surface area contributed by atoms with Gasteiger partial charge in [-0.05, 0) is 36.4 Å². The first-order valence-corrected chi connectivity index (χ1v) is 6.43. The van der Waals surface area contributed by atoms with Crippen molar-refractivity contribution in [2.45, 2.75) is 0 Å². The molecule has 1 aromatic heterocycles. The first-order chi connectivity index (χ1) is 9.20. The van der Waals surface area contributed by atoms with Gasteiger partial charge in [0.15, 0.2) is 0 Å². The molecular weight excluding hydrogens is 304 g/mol. The van der Waals surface area contributed by atoms with Crippen molar-refractivity contribution in [3.63, 3.8) is 0 Å². The standard InChI is InChI=1S/C14H9BrN4/c15-10-4-6-11(7-5-10)19-12-3-1-2-9(8-16)13(12)18-14(19)17/h1-7H,(H2,17,18). The van der Waals surface area contributed by atoms with Gasteiger partial charge in [0.05, 0.1) is 11.1 Å². The van der Waals surface area contributed by atoms with Crippen molar-refractivity contribution in [1.82, 2.24) is 9.55 Å². The molecule has 92 valence electrons. The summed E-state index contributed by atoms with van der Waals surface area (Å²) in [6.07, 6.45) is 0. The van der Waals surface area contributed by atoms with Gasteiger partial charge >= 0.3 is 0 Å². The van der Waals surface area contributed by atoms with E-state index in [0.29, 0.717) is 17.0 Å². The highest BCUT2D eigenvalue weighted by atomic mass is 79.9. The number of nitrogen functional groups attached to an aromatic ring is 1. The van der Waals surface area contributed by atoms with Crippen LogP contribution in [0.25, 0.3) is 16.7 Å². The topological polar surface area (TPSA) is 67.6 Å². The molecule has 0 bridgehead atoms. The van der Waals surface area contributed by atoms with Crippen molar-refractivity contribution >= 4 is 32.9 Å². The average molecular weight is 313 g/mol. The van der Waals surface area contributed by atoms with Crippen molar-refractivity contribution in [3.05, 3.63) is 52.5 Å². The Morgan fingerprint density at radius 3 is 2.58 bits per heavy atom. The number of hydrogen-bond acceptors (Lipinski definition) is 3. The average Bonchev–Trinajstić information content (AvgIpc) is 2.76. The second-order valence-corrected chi connectivity index (χ2v) is 4.98. The molecule has 0 radical (unpaired) electrons. The van der Waals surface area contributed by atoms with Crippen LogP contribution in [0.3, 0.4) is 0 Å². The monoisotopic (exact) mass is 312 g/mol. The maximum Gasteiger partial charge on any atom is 0.205 e. The summed E-state index contributed by atoms with van der Waals surface area (Å²) in [5, 5.41) is 9.10. The van der Waals surface area contributed by atoms with Crippen LogP contribution in [0.5, 0.6) is 0 Å². The third-order valence-electron chi connectivity index (χ3n) is 2.92. The van der Waals surface area contributed by atoms with Crippen LogP contribution in [0.4, 0.5) is 5.95 Å². The van der Waals surface area contributed by atoms with Crippen molar-refractivity contribution in [1.29, 1.82) is 5.26 Å². The lowest BCUT2D eigenvalue weighted by atomic mass is 10.2. The van der Waals surface area contributed by atoms with Crippen molar-refractivity contribution in [2.75, 3.05) is 5.73 Å². The maximum absolute atomic E-state index is 9.10. The minimum atomic E-state index is 0.375. The van der Waals surface area contributed by atoms with Crippen LogP contribution in [0.2, 0.25) is 0 Å². The van der Waals surface area contributed by atoms with E-state index >= 15 is 0 Å². The number of nitrogens with zero attached hydrogens (tertiary/aromatic N) is 3. The summed E-state index contributed by atoms with van der Waals surface area (Å²) in [5.74, 6) is 0.375. The van der Waals surface area contributed by atoms with Gasteiger partial charge in [0.1, 0.15) is 11.6 Å². The Kier molecular flexibility index (Phi) is 2.73. The first kappa shape index (κ1) is 11.8. The Labute approximate surface area is 118 Å². The lowest BCUT2D eigenvalue weighted by molar-refractivity contribution is 1.11. The molecule has 0 aliphatic carbocycles. The van der Waals surface area contributed by atoms with E-state index in [0.717, 1.165) is 15.7 Å². The molecule has 0 saturated heterocycles. The highest BCUT2D eigenvalue weighted by molar-refractivity contribution is 9.10. The van der Waals surface area contributed by atoms with Gasteiger partial charge in [-0.15, -0.1) is 0 Å². The first-order valence-electron chi connectivity index (χ1n) is 5.63. The number of benzene rings is 2. The summed E-state index contributed by atoms with van der Waals surface area (Å²) in [5.41, 5.74) is 8.88. The molecule has 0 aliphatic rings. The number of rotatable bonds is 1. The molecule has 0 unspecified atom stereocenters. The normalized spacial score (nSPS) is 10.5. The van der Waals surface area contributed by atoms with Gasteiger partial charge in [-0.3, -0.25) is 4.57 Å². The largest absolute Gasteiger partial charge is 0.369 e. The summed E-state index contributed by atoms with van der Waals surface area (Å²) in [4.78, 5) is 4.29. The molecule has 4 nitrogen and oxygen atoms in total. The summed E-state index contributed by atoms with van der Waals surface area (Å²) >= 11 is 3.40. The fraction of sp³-hybridized carbons (Fsp3) is 0. The van der Waals surface area contributed by atoms with Crippen LogP contribution in [0.1, 0.15) is 5.56 Å². The second-order valence-electron chi connectivity index (χ2n) is 4.07. The third-order valence-corrected chi connectivity index (χ3v) is 3.45. The predicted molar refractivity (Wildman–Crippen MR) is 77.9 cm³/mol. The zero-order chi connectivity index (χ0) is 13.4. The molecule has 19 heavy (non-hydrogen) atoms. The zero-order valence-corrected chi connectivity index (χ0v) is 11.4. The Balaban J connectivity index is 2.33. The fourth-order valence-corrected chi connectivity index (χ4v) is 2.33. The molecule has 2 N–H and O–H groups in total. The van der Waals surface area contributed by atoms with Gasteiger partial charge in [0, 0.05) is 10.2 Å². The Morgan fingerprint density at radius 1 is 1.16 bits per heavy atom. The smallest absolute Gasteiger partial charge is 0.205 e.